The molecule has 2 aromatic rings. The molecule has 4 rings (SSSR count). The quantitative estimate of drug-likeness (QED) is 0.677. The fourth-order valence-electron chi connectivity index (χ4n) is 3.35. The number of carbonyl (C=O) groups is 1. The normalized spacial score (nSPS) is 16.7. The van der Waals surface area contributed by atoms with Gasteiger partial charge in [-0.3, -0.25) is 0 Å². The molecule has 0 N–H and O–H groups in total. The van der Waals surface area contributed by atoms with Gasteiger partial charge in [0.25, 0.3) is 0 Å². The van der Waals surface area contributed by atoms with Crippen LogP contribution in [0.1, 0.15) is 55.6 Å². The van der Waals surface area contributed by atoms with Gasteiger partial charge in [-0.25, -0.2) is 14.5 Å². The van der Waals surface area contributed by atoms with E-state index in [9.17, 15) is 4.79 Å². The standard InChI is InChI=1S/C20H25N3O3/c1-3-16-15(20(24)25-4-2)9-10-17(21-16)23-12-11-18(22-23)26-19(13-5-6-13)14-7-8-14/h9-14,19H,3-8H2,1-2H3. The minimum atomic E-state index is -0.329. The van der Waals surface area contributed by atoms with Crippen molar-refractivity contribution in [1.29, 1.82) is 0 Å². The number of carbonyl (C=O) groups excluding carboxylic acids is 1. The van der Waals surface area contributed by atoms with Crippen LogP contribution in [0.25, 0.3) is 5.82 Å². The third kappa shape index (κ3) is 3.59. The molecule has 0 aliphatic heterocycles. The topological polar surface area (TPSA) is 66.2 Å². The summed E-state index contributed by atoms with van der Waals surface area (Å²) in [5.74, 6) is 2.43. The molecular formula is C20H25N3O3. The fourth-order valence-corrected chi connectivity index (χ4v) is 3.35. The van der Waals surface area contributed by atoms with E-state index in [0.29, 0.717) is 53.9 Å². The maximum absolute atomic E-state index is 12.0. The molecule has 0 bridgehead atoms. The predicted octanol–water partition coefficient (Wildman–Crippen LogP) is 3.57. The number of pyridine rings is 1. The van der Waals surface area contributed by atoms with Gasteiger partial charge < -0.3 is 9.47 Å². The lowest BCUT2D eigenvalue weighted by Crippen LogP contribution is -2.21. The monoisotopic (exact) mass is 355 g/mol. The van der Waals surface area contributed by atoms with E-state index >= 15 is 0 Å². The van der Waals surface area contributed by atoms with E-state index in [4.69, 9.17) is 9.47 Å². The summed E-state index contributed by atoms with van der Waals surface area (Å²) in [5.41, 5.74) is 1.23. The Balaban J connectivity index is 1.52. The molecule has 0 saturated heterocycles. The Labute approximate surface area is 153 Å². The van der Waals surface area contributed by atoms with Crippen molar-refractivity contribution in [3.05, 3.63) is 35.7 Å². The van der Waals surface area contributed by atoms with Crippen molar-refractivity contribution in [2.45, 2.75) is 52.1 Å². The predicted molar refractivity (Wildman–Crippen MR) is 96.6 cm³/mol. The van der Waals surface area contributed by atoms with Gasteiger partial charge in [0.1, 0.15) is 6.10 Å². The van der Waals surface area contributed by atoms with E-state index in [1.54, 1.807) is 23.7 Å². The lowest BCUT2D eigenvalue weighted by Gasteiger charge is -2.15. The van der Waals surface area contributed by atoms with E-state index < -0.39 is 0 Å². The summed E-state index contributed by atoms with van der Waals surface area (Å²) in [4.78, 5) is 16.6. The molecule has 0 atom stereocenters. The van der Waals surface area contributed by atoms with Crippen molar-refractivity contribution in [2.24, 2.45) is 11.8 Å². The highest BCUT2D eigenvalue weighted by molar-refractivity contribution is 5.90. The molecule has 6 nitrogen and oxygen atoms in total. The molecule has 0 spiro atoms. The van der Waals surface area contributed by atoms with Gasteiger partial charge in [0, 0.05) is 12.3 Å². The summed E-state index contributed by atoms with van der Waals surface area (Å²) in [6, 6.07) is 5.45. The third-order valence-corrected chi connectivity index (χ3v) is 5.02. The van der Waals surface area contributed by atoms with Crippen LogP contribution in [0.15, 0.2) is 24.4 Å². The largest absolute Gasteiger partial charge is 0.473 e. The van der Waals surface area contributed by atoms with Crippen LogP contribution >= 0.6 is 0 Å². The molecule has 0 unspecified atom stereocenters. The Hall–Kier alpha value is -2.37. The van der Waals surface area contributed by atoms with Crippen LogP contribution in [-0.2, 0) is 11.2 Å². The van der Waals surface area contributed by atoms with Crippen LogP contribution in [0.5, 0.6) is 5.88 Å². The maximum Gasteiger partial charge on any atom is 0.339 e. The zero-order valence-electron chi connectivity index (χ0n) is 15.4. The third-order valence-electron chi connectivity index (χ3n) is 5.02. The zero-order chi connectivity index (χ0) is 18.1. The number of aromatic nitrogens is 3. The van der Waals surface area contributed by atoms with Gasteiger partial charge in [-0.2, -0.15) is 0 Å². The number of aryl methyl sites for hydroxylation is 1. The Morgan fingerprint density at radius 2 is 1.92 bits per heavy atom. The lowest BCUT2D eigenvalue weighted by atomic mass is 10.1. The van der Waals surface area contributed by atoms with Crippen LogP contribution in [0, 0.1) is 11.8 Å². The smallest absolute Gasteiger partial charge is 0.339 e. The van der Waals surface area contributed by atoms with E-state index in [1.807, 2.05) is 19.2 Å². The van der Waals surface area contributed by atoms with Crippen molar-refractivity contribution >= 4 is 5.97 Å². The molecule has 138 valence electrons. The Morgan fingerprint density at radius 3 is 2.54 bits per heavy atom. The molecule has 26 heavy (non-hydrogen) atoms. The van der Waals surface area contributed by atoms with Crippen LogP contribution in [0.3, 0.4) is 0 Å². The lowest BCUT2D eigenvalue weighted by molar-refractivity contribution is 0.0524. The number of ether oxygens (including phenoxy) is 2. The Morgan fingerprint density at radius 1 is 1.19 bits per heavy atom. The first-order valence-corrected chi connectivity index (χ1v) is 9.59. The second kappa shape index (κ2) is 7.09. The van der Waals surface area contributed by atoms with Crippen LogP contribution < -0.4 is 4.74 Å². The minimum Gasteiger partial charge on any atom is -0.473 e. The highest BCUT2D eigenvalue weighted by Gasteiger charge is 2.43. The summed E-state index contributed by atoms with van der Waals surface area (Å²) in [6.45, 7) is 4.13. The second-order valence-corrected chi connectivity index (χ2v) is 7.09. The van der Waals surface area contributed by atoms with Crippen LogP contribution in [-0.4, -0.2) is 33.4 Å². The average Bonchev–Trinajstić information content (AvgIpc) is 3.59. The zero-order valence-corrected chi connectivity index (χ0v) is 15.4. The van der Waals surface area contributed by atoms with Crippen LogP contribution in [0.2, 0.25) is 0 Å². The molecule has 2 aromatic heterocycles. The van der Waals surface area contributed by atoms with E-state index in [0.717, 1.165) is 0 Å². The highest BCUT2D eigenvalue weighted by atomic mass is 16.5. The van der Waals surface area contributed by atoms with E-state index in [2.05, 4.69) is 10.1 Å². The summed E-state index contributed by atoms with van der Waals surface area (Å²) < 4.78 is 13.0. The maximum atomic E-state index is 12.0. The molecule has 2 saturated carbocycles. The van der Waals surface area contributed by atoms with Gasteiger partial charge in [-0.15, -0.1) is 5.10 Å². The van der Waals surface area contributed by atoms with E-state index in [-0.39, 0.29) is 5.97 Å². The van der Waals surface area contributed by atoms with Gasteiger partial charge in [0.05, 0.1) is 17.9 Å². The first kappa shape index (κ1) is 17.1. The van der Waals surface area contributed by atoms with Crippen molar-refractivity contribution < 1.29 is 14.3 Å². The van der Waals surface area contributed by atoms with Gasteiger partial charge in [-0.1, -0.05) is 6.92 Å². The summed E-state index contributed by atoms with van der Waals surface area (Å²) >= 11 is 0. The number of esters is 1. The van der Waals surface area contributed by atoms with Gasteiger partial charge >= 0.3 is 5.97 Å². The molecule has 2 aliphatic rings. The number of hydrogen-bond acceptors (Lipinski definition) is 5. The van der Waals surface area contributed by atoms with Gasteiger partial charge in [0.15, 0.2) is 5.82 Å². The molecule has 2 heterocycles. The van der Waals surface area contributed by atoms with Crippen molar-refractivity contribution in [2.75, 3.05) is 6.61 Å². The number of nitrogens with zero attached hydrogens (tertiary/aromatic N) is 3. The summed E-state index contributed by atoms with van der Waals surface area (Å²) in [7, 11) is 0. The number of rotatable bonds is 8. The molecule has 0 amide bonds. The summed E-state index contributed by atoms with van der Waals surface area (Å²) in [6.07, 6.45) is 7.94. The molecule has 2 fully saturated rings. The molecular weight excluding hydrogens is 330 g/mol. The second-order valence-electron chi connectivity index (χ2n) is 7.09. The fraction of sp³-hybridized carbons (Fsp3) is 0.550. The van der Waals surface area contributed by atoms with Crippen molar-refractivity contribution in [3.8, 4) is 11.7 Å². The first-order chi connectivity index (χ1) is 12.7. The van der Waals surface area contributed by atoms with E-state index in [1.165, 1.54) is 25.7 Å². The molecule has 2 aliphatic carbocycles. The van der Waals surface area contributed by atoms with Crippen molar-refractivity contribution in [1.82, 2.24) is 14.8 Å². The Kier molecular flexibility index (Phi) is 4.66. The van der Waals surface area contributed by atoms with Gasteiger partial charge in [0.2, 0.25) is 5.88 Å². The first-order valence-electron chi connectivity index (χ1n) is 9.59. The van der Waals surface area contributed by atoms with Crippen LogP contribution in [0.4, 0.5) is 0 Å². The van der Waals surface area contributed by atoms with Gasteiger partial charge in [-0.05, 0) is 63.0 Å². The molecule has 0 radical (unpaired) electrons. The average molecular weight is 355 g/mol. The highest BCUT2D eigenvalue weighted by Crippen LogP contribution is 2.46. The summed E-state index contributed by atoms with van der Waals surface area (Å²) in [5, 5.41) is 4.54. The Bertz CT molecular complexity index is 781. The SMILES string of the molecule is CCOC(=O)c1ccc(-n2ccc(OC(C3CC3)C3CC3)n2)nc1CC. The van der Waals surface area contributed by atoms with Crippen molar-refractivity contribution in [3.63, 3.8) is 0 Å². The minimum absolute atomic E-state index is 0.323. The molecule has 6 heteroatoms. The number of hydrogen-bond donors (Lipinski definition) is 0. The molecule has 0 aromatic carbocycles.